The van der Waals surface area contributed by atoms with Gasteiger partial charge in [-0.25, -0.2) is 0 Å². The van der Waals surface area contributed by atoms with E-state index in [1.54, 1.807) is 0 Å². The van der Waals surface area contributed by atoms with Crippen LogP contribution in [0, 0.1) is 0 Å². The molecule has 1 heteroatoms. The Bertz CT molecular complexity index is 292. The minimum atomic E-state index is -0.508. The summed E-state index contributed by atoms with van der Waals surface area (Å²) >= 11 is 0. The second kappa shape index (κ2) is 6.05. The second-order valence-corrected chi connectivity index (χ2v) is 5.19. The van der Waals surface area contributed by atoms with Gasteiger partial charge in [-0.1, -0.05) is 37.6 Å². The molecule has 1 aromatic carbocycles. The van der Waals surface area contributed by atoms with E-state index in [1.165, 1.54) is 11.1 Å². The van der Waals surface area contributed by atoms with Crippen LogP contribution in [0.15, 0.2) is 24.3 Å². The first-order valence-electron chi connectivity index (χ1n) is 6.31. The lowest BCUT2D eigenvalue weighted by molar-refractivity contribution is 0.0682. The molecule has 0 aromatic heterocycles. The highest BCUT2D eigenvalue weighted by Crippen LogP contribution is 2.14. The molecule has 90 valence electrons. The average molecular weight is 220 g/mol. The fourth-order valence-electron chi connectivity index (χ4n) is 1.83. The van der Waals surface area contributed by atoms with Gasteiger partial charge in [0.15, 0.2) is 0 Å². The molecule has 0 atom stereocenters. The topological polar surface area (TPSA) is 20.2 Å². The summed E-state index contributed by atoms with van der Waals surface area (Å²) in [6.07, 6.45) is 5.38. The van der Waals surface area contributed by atoms with Crippen molar-refractivity contribution >= 4 is 0 Å². The molecule has 1 rings (SSSR count). The summed E-state index contributed by atoms with van der Waals surface area (Å²) in [7, 11) is 0. The van der Waals surface area contributed by atoms with Crippen LogP contribution in [-0.2, 0) is 12.8 Å². The maximum Gasteiger partial charge on any atom is 0.0591 e. The minimum absolute atomic E-state index is 0.508. The lowest BCUT2D eigenvalue weighted by atomic mass is 9.98. The van der Waals surface area contributed by atoms with Gasteiger partial charge < -0.3 is 5.11 Å². The van der Waals surface area contributed by atoms with Gasteiger partial charge in [-0.2, -0.15) is 0 Å². The summed E-state index contributed by atoms with van der Waals surface area (Å²) in [5.41, 5.74) is 2.31. The zero-order valence-electron chi connectivity index (χ0n) is 10.8. The predicted molar refractivity (Wildman–Crippen MR) is 69.7 cm³/mol. The van der Waals surface area contributed by atoms with Gasteiger partial charge in [0.2, 0.25) is 0 Å². The smallest absolute Gasteiger partial charge is 0.0591 e. The van der Waals surface area contributed by atoms with Gasteiger partial charge in [0.1, 0.15) is 0 Å². The van der Waals surface area contributed by atoms with Crippen LogP contribution in [0.5, 0.6) is 0 Å². The normalized spacial score (nSPS) is 11.8. The highest BCUT2D eigenvalue weighted by Gasteiger charge is 2.10. The first-order valence-corrected chi connectivity index (χ1v) is 6.31. The molecule has 0 saturated heterocycles. The average Bonchev–Trinajstić information content (AvgIpc) is 2.24. The third-order valence-electron chi connectivity index (χ3n) is 2.94. The third-order valence-corrected chi connectivity index (χ3v) is 2.94. The van der Waals surface area contributed by atoms with Gasteiger partial charge in [-0.3, -0.25) is 0 Å². The van der Waals surface area contributed by atoms with Crippen molar-refractivity contribution < 1.29 is 5.11 Å². The lowest BCUT2D eigenvalue weighted by Gasteiger charge is -2.16. The largest absolute Gasteiger partial charge is 0.390 e. The van der Waals surface area contributed by atoms with Crippen LogP contribution >= 0.6 is 0 Å². The fraction of sp³-hybridized carbons (Fsp3) is 0.600. The van der Waals surface area contributed by atoms with Crippen LogP contribution in [0.3, 0.4) is 0 Å². The molecule has 1 N–H and O–H groups in total. The molecular weight excluding hydrogens is 196 g/mol. The Morgan fingerprint density at radius 1 is 1.00 bits per heavy atom. The SMILES string of the molecule is CCc1ccc(CCCCC(C)(C)O)cc1. The molecule has 0 heterocycles. The van der Waals surface area contributed by atoms with Crippen LogP contribution in [0.1, 0.15) is 51.2 Å². The van der Waals surface area contributed by atoms with Crippen molar-refractivity contribution in [2.75, 3.05) is 0 Å². The molecule has 16 heavy (non-hydrogen) atoms. The van der Waals surface area contributed by atoms with Crippen LogP contribution in [-0.4, -0.2) is 10.7 Å². The van der Waals surface area contributed by atoms with E-state index in [0.29, 0.717) is 0 Å². The molecule has 0 radical (unpaired) electrons. The van der Waals surface area contributed by atoms with Crippen molar-refractivity contribution in [2.45, 2.75) is 58.5 Å². The number of aryl methyl sites for hydroxylation is 2. The van der Waals surface area contributed by atoms with Crippen molar-refractivity contribution in [2.24, 2.45) is 0 Å². The summed E-state index contributed by atoms with van der Waals surface area (Å²) in [5, 5.41) is 9.58. The van der Waals surface area contributed by atoms with Gasteiger partial charge in [-0.15, -0.1) is 0 Å². The van der Waals surface area contributed by atoms with Crippen LogP contribution in [0.4, 0.5) is 0 Å². The van der Waals surface area contributed by atoms with Crippen molar-refractivity contribution in [3.8, 4) is 0 Å². The number of benzene rings is 1. The summed E-state index contributed by atoms with van der Waals surface area (Å²) in [4.78, 5) is 0. The number of hydrogen-bond donors (Lipinski definition) is 1. The van der Waals surface area contributed by atoms with Crippen LogP contribution < -0.4 is 0 Å². The van der Waals surface area contributed by atoms with Crippen molar-refractivity contribution in [3.63, 3.8) is 0 Å². The molecule has 0 spiro atoms. The molecular formula is C15H24O. The Labute approximate surface area is 99.5 Å². The first kappa shape index (κ1) is 13.2. The predicted octanol–water partition coefficient (Wildman–Crippen LogP) is 3.73. The Balaban J connectivity index is 2.27. The highest BCUT2D eigenvalue weighted by atomic mass is 16.3. The van der Waals surface area contributed by atoms with Gasteiger partial charge in [0.25, 0.3) is 0 Å². The number of rotatable bonds is 6. The second-order valence-electron chi connectivity index (χ2n) is 5.19. The Morgan fingerprint density at radius 3 is 2.06 bits per heavy atom. The molecule has 0 aliphatic carbocycles. The van der Waals surface area contributed by atoms with E-state index in [0.717, 1.165) is 32.1 Å². The molecule has 0 aliphatic rings. The zero-order chi connectivity index (χ0) is 12.0. The van der Waals surface area contributed by atoms with Gasteiger partial charge in [0.05, 0.1) is 5.60 Å². The van der Waals surface area contributed by atoms with Gasteiger partial charge >= 0.3 is 0 Å². The summed E-state index contributed by atoms with van der Waals surface area (Å²) in [6, 6.07) is 8.88. The summed E-state index contributed by atoms with van der Waals surface area (Å²) < 4.78 is 0. The number of hydrogen-bond acceptors (Lipinski definition) is 1. The van der Waals surface area contributed by atoms with E-state index < -0.39 is 5.60 Å². The zero-order valence-corrected chi connectivity index (χ0v) is 10.8. The molecule has 0 saturated carbocycles. The molecule has 0 unspecified atom stereocenters. The maximum atomic E-state index is 9.58. The summed E-state index contributed by atoms with van der Waals surface area (Å²) in [5.74, 6) is 0. The van der Waals surface area contributed by atoms with Crippen molar-refractivity contribution in [1.82, 2.24) is 0 Å². The molecule has 0 fully saturated rings. The molecule has 0 bridgehead atoms. The highest BCUT2D eigenvalue weighted by molar-refractivity contribution is 5.22. The maximum absolute atomic E-state index is 9.58. The van der Waals surface area contributed by atoms with Gasteiger partial charge in [0, 0.05) is 0 Å². The lowest BCUT2D eigenvalue weighted by Crippen LogP contribution is -2.17. The van der Waals surface area contributed by atoms with E-state index in [4.69, 9.17) is 0 Å². The van der Waals surface area contributed by atoms with E-state index in [1.807, 2.05) is 13.8 Å². The van der Waals surface area contributed by atoms with E-state index in [9.17, 15) is 5.11 Å². The summed E-state index contributed by atoms with van der Waals surface area (Å²) in [6.45, 7) is 5.93. The van der Waals surface area contributed by atoms with E-state index >= 15 is 0 Å². The van der Waals surface area contributed by atoms with Crippen molar-refractivity contribution in [3.05, 3.63) is 35.4 Å². The molecule has 0 amide bonds. The molecule has 1 aromatic rings. The van der Waals surface area contributed by atoms with E-state index in [-0.39, 0.29) is 0 Å². The van der Waals surface area contributed by atoms with Crippen molar-refractivity contribution in [1.29, 1.82) is 0 Å². The third kappa shape index (κ3) is 5.32. The van der Waals surface area contributed by atoms with Crippen LogP contribution in [0.25, 0.3) is 0 Å². The minimum Gasteiger partial charge on any atom is -0.390 e. The first-order chi connectivity index (χ1) is 7.51. The number of unbranched alkanes of at least 4 members (excludes halogenated alkanes) is 1. The molecule has 1 nitrogen and oxygen atoms in total. The monoisotopic (exact) mass is 220 g/mol. The standard InChI is InChI=1S/C15H24O/c1-4-13-8-10-14(11-9-13)7-5-6-12-15(2,3)16/h8-11,16H,4-7,12H2,1-3H3. The Morgan fingerprint density at radius 2 is 1.56 bits per heavy atom. The molecule has 0 aliphatic heterocycles. The van der Waals surface area contributed by atoms with E-state index in [2.05, 4.69) is 31.2 Å². The Kier molecular flexibility index (Phi) is 5.01. The quantitative estimate of drug-likeness (QED) is 0.724. The Hall–Kier alpha value is -0.820. The van der Waals surface area contributed by atoms with Crippen LogP contribution in [0.2, 0.25) is 0 Å². The fourth-order valence-corrected chi connectivity index (χ4v) is 1.83. The number of aliphatic hydroxyl groups is 1. The van der Waals surface area contributed by atoms with Gasteiger partial charge in [-0.05, 0) is 50.7 Å².